The quantitative estimate of drug-likeness (QED) is 0.493. The Bertz CT molecular complexity index is 846. The number of rotatable bonds is 5. The number of nitrogens with zero attached hydrogens (tertiary/aromatic N) is 3. The van der Waals surface area contributed by atoms with Crippen molar-refractivity contribution in [2.75, 3.05) is 18.0 Å². The minimum atomic E-state index is -0.572. The van der Waals surface area contributed by atoms with Crippen molar-refractivity contribution in [2.24, 2.45) is 5.10 Å². The highest BCUT2D eigenvalue weighted by molar-refractivity contribution is 6.34. The molecule has 1 heterocycles. The molecular formula is C18H17ClN4O3. The first kappa shape index (κ1) is 17.9. The molecule has 1 aliphatic rings. The molecule has 0 unspecified atom stereocenters. The minimum Gasteiger partial charge on any atom is -0.372 e. The molecule has 1 fully saturated rings. The Hall–Kier alpha value is -2.93. The summed E-state index contributed by atoms with van der Waals surface area (Å²) in [4.78, 5) is 24.5. The lowest BCUT2D eigenvalue weighted by Gasteiger charge is -2.17. The standard InChI is InChI=1S/C18H17ClN4O3/c19-17-11-15(23(25)26)7-8-16(17)18(24)21-20-12-13-3-5-14(6-4-13)22-9-1-2-10-22/h3-8,11-12H,1-2,9-10H2,(H,21,24)/b20-12+. The molecule has 0 saturated carbocycles. The highest BCUT2D eigenvalue weighted by Crippen LogP contribution is 2.22. The van der Waals surface area contributed by atoms with Crippen molar-refractivity contribution in [2.45, 2.75) is 12.8 Å². The van der Waals surface area contributed by atoms with Crippen LogP contribution in [0.4, 0.5) is 11.4 Å². The van der Waals surface area contributed by atoms with Gasteiger partial charge in [0.15, 0.2) is 0 Å². The van der Waals surface area contributed by atoms with Crippen LogP contribution in [0.15, 0.2) is 47.6 Å². The summed E-state index contributed by atoms with van der Waals surface area (Å²) < 4.78 is 0. The normalized spacial score (nSPS) is 14.0. The number of hydrogen-bond acceptors (Lipinski definition) is 5. The monoisotopic (exact) mass is 372 g/mol. The summed E-state index contributed by atoms with van der Waals surface area (Å²) in [6.45, 7) is 2.17. The van der Waals surface area contributed by atoms with E-state index in [0.717, 1.165) is 24.7 Å². The van der Waals surface area contributed by atoms with Crippen molar-refractivity contribution in [1.29, 1.82) is 0 Å². The second-order valence-corrected chi connectivity index (χ2v) is 6.31. The molecule has 0 bridgehead atoms. The topological polar surface area (TPSA) is 87.8 Å². The molecule has 0 radical (unpaired) electrons. The fourth-order valence-corrected chi connectivity index (χ4v) is 3.03. The van der Waals surface area contributed by atoms with Crippen LogP contribution in [-0.2, 0) is 0 Å². The van der Waals surface area contributed by atoms with Gasteiger partial charge in [0.2, 0.25) is 0 Å². The first-order valence-electron chi connectivity index (χ1n) is 8.17. The molecule has 26 heavy (non-hydrogen) atoms. The predicted molar refractivity (Wildman–Crippen MR) is 101 cm³/mol. The van der Waals surface area contributed by atoms with Crippen molar-refractivity contribution >= 4 is 35.1 Å². The van der Waals surface area contributed by atoms with Gasteiger partial charge in [0.1, 0.15) is 0 Å². The van der Waals surface area contributed by atoms with E-state index in [1.54, 1.807) is 0 Å². The maximum absolute atomic E-state index is 12.1. The Morgan fingerprint density at radius 3 is 2.50 bits per heavy atom. The third-order valence-corrected chi connectivity index (χ3v) is 4.46. The van der Waals surface area contributed by atoms with Crippen LogP contribution >= 0.6 is 11.6 Å². The third kappa shape index (κ3) is 4.18. The molecule has 0 atom stereocenters. The van der Waals surface area contributed by atoms with Crippen molar-refractivity contribution in [3.05, 3.63) is 68.7 Å². The van der Waals surface area contributed by atoms with Crippen LogP contribution < -0.4 is 10.3 Å². The van der Waals surface area contributed by atoms with E-state index in [2.05, 4.69) is 15.4 Å². The molecule has 0 aromatic heterocycles. The van der Waals surface area contributed by atoms with Gasteiger partial charge >= 0.3 is 0 Å². The zero-order valence-electron chi connectivity index (χ0n) is 13.9. The van der Waals surface area contributed by atoms with Crippen molar-refractivity contribution in [3.8, 4) is 0 Å². The van der Waals surface area contributed by atoms with Gasteiger partial charge in [-0.25, -0.2) is 5.43 Å². The van der Waals surface area contributed by atoms with Gasteiger partial charge in [-0.15, -0.1) is 0 Å². The van der Waals surface area contributed by atoms with E-state index < -0.39 is 10.8 Å². The summed E-state index contributed by atoms with van der Waals surface area (Å²) >= 11 is 5.92. The molecule has 1 amide bonds. The molecule has 1 aliphatic heterocycles. The lowest BCUT2D eigenvalue weighted by molar-refractivity contribution is -0.384. The van der Waals surface area contributed by atoms with Gasteiger partial charge in [-0.3, -0.25) is 14.9 Å². The largest absolute Gasteiger partial charge is 0.372 e. The molecule has 1 saturated heterocycles. The van der Waals surface area contributed by atoms with Gasteiger partial charge in [0.05, 0.1) is 21.7 Å². The summed E-state index contributed by atoms with van der Waals surface area (Å²) in [6.07, 6.45) is 3.98. The third-order valence-electron chi connectivity index (χ3n) is 4.15. The van der Waals surface area contributed by atoms with Crippen LogP contribution in [0.1, 0.15) is 28.8 Å². The Labute approximate surface area is 155 Å². The molecule has 2 aromatic carbocycles. The second-order valence-electron chi connectivity index (χ2n) is 5.91. The molecule has 2 aromatic rings. The molecule has 1 N–H and O–H groups in total. The van der Waals surface area contributed by atoms with Gasteiger partial charge < -0.3 is 4.90 Å². The zero-order valence-corrected chi connectivity index (χ0v) is 14.6. The van der Waals surface area contributed by atoms with E-state index in [-0.39, 0.29) is 16.3 Å². The summed E-state index contributed by atoms with van der Waals surface area (Å²) in [7, 11) is 0. The number of anilines is 1. The van der Waals surface area contributed by atoms with E-state index in [0.29, 0.717) is 0 Å². The fraction of sp³-hybridized carbons (Fsp3) is 0.222. The van der Waals surface area contributed by atoms with E-state index in [1.165, 1.54) is 36.9 Å². The molecule has 0 spiro atoms. The van der Waals surface area contributed by atoms with Crippen LogP contribution in [0.25, 0.3) is 0 Å². The first-order chi connectivity index (χ1) is 12.5. The number of benzene rings is 2. The summed E-state index contributed by atoms with van der Waals surface area (Å²) in [6, 6.07) is 11.6. The number of hydrazone groups is 1. The first-order valence-corrected chi connectivity index (χ1v) is 8.55. The molecular weight excluding hydrogens is 356 g/mol. The van der Waals surface area contributed by atoms with Crippen molar-refractivity contribution in [1.82, 2.24) is 5.43 Å². The Morgan fingerprint density at radius 1 is 1.19 bits per heavy atom. The lowest BCUT2D eigenvalue weighted by atomic mass is 10.2. The van der Waals surface area contributed by atoms with Crippen LogP contribution in [0.5, 0.6) is 0 Å². The van der Waals surface area contributed by atoms with Crippen molar-refractivity contribution < 1.29 is 9.72 Å². The summed E-state index contributed by atoms with van der Waals surface area (Å²) in [5.74, 6) is -0.533. The van der Waals surface area contributed by atoms with E-state index in [4.69, 9.17) is 11.6 Å². The Kier molecular flexibility index (Phi) is 5.48. The summed E-state index contributed by atoms with van der Waals surface area (Å²) in [5.41, 5.74) is 4.36. The maximum atomic E-state index is 12.1. The van der Waals surface area contributed by atoms with E-state index >= 15 is 0 Å². The number of halogens is 1. The minimum absolute atomic E-state index is 0.00173. The maximum Gasteiger partial charge on any atom is 0.272 e. The average molecular weight is 373 g/mol. The fourth-order valence-electron chi connectivity index (χ4n) is 2.77. The van der Waals surface area contributed by atoms with Crippen LogP contribution in [-0.4, -0.2) is 30.1 Å². The number of carbonyl (C=O) groups excluding carboxylic acids is 1. The van der Waals surface area contributed by atoms with Gasteiger partial charge in [0.25, 0.3) is 11.6 Å². The predicted octanol–water partition coefficient (Wildman–Crippen LogP) is 3.61. The Balaban J connectivity index is 1.61. The number of nitrogens with one attached hydrogen (secondary N) is 1. The highest BCUT2D eigenvalue weighted by Gasteiger charge is 2.14. The van der Waals surface area contributed by atoms with Crippen LogP contribution in [0.3, 0.4) is 0 Å². The average Bonchev–Trinajstić information content (AvgIpc) is 3.16. The van der Waals surface area contributed by atoms with Gasteiger partial charge in [-0.05, 0) is 36.6 Å². The number of carbonyl (C=O) groups is 1. The number of nitro groups is 1. The Morgan fingerprint density at radius 2 is 1.88 bits per heavy atom. The molecule has 134 valence electrons. The second kappa shape index (κ2) is 7.97. The number of nitro benzene ring substituents is 1. The van der Waals surface area contributed by atoms with Crippen molar-refractivity contribution in [3.63, 3.8) is 0 Å². The number of amides is 1. The van der Waals surface area contributed by atoms with Crippen LogP contribution in [0, 0.1) is 10.1 Å². The van der Waals surface area contributed by atoms with Gasteiger partial charge in [0, 0.05) is 30.9 Å². The van der Waals surface area contributed by atoms with E-state index in [1.807, 2.05) is 24.3 Å². The van der Waals surface area contributed by atoms with E-state index in [9.17, 15) is 14.9 Å². The highest BCUT2D eigenvalue weighted by atomic mass is 35.5. The number of non-ortho nitro benzene ring substituents is 1. The molecule has 8 heteroatoms. The molecule has 7 nitrogen and oxygen atoms in total. The number of hydrogen-bond donors (Lipinski definition) is 1. The molecule has 3 rings (SSSR count). The van der Waals surface area contributed by atoms with Gasteiger partial charge in [-0.2, -0.15) is 5.10 Å². The molecule has 0 aliphatic carbocycles. The zero-order chi connectivity index (χ0) is 18.5. The summed E-state index contributed by atoms with van der Waals surface area (Å²) in [5, 5.41) is 14.6. The smallest absolute Gasteiger partial charge is 0.272 e. The lowest BCUT2D eigenvalue weighted by Crippen LogP contribution is -2.18. The van der Waals surface area contributed by atoms with Crippen LogP contribution in [0.2, 0.25) is 5.02 Å². The SMILES string of the molecule is O=C(N/N=C/c1ccc(N2CCCC2)cc1)c1ccc([N+](=O)[O-])cc1Cl. The van der Waals surface area contributed by atoms with Gasteiger partial charge in [-0.1, -0.05) is 23.7 Å².